The molecule has 2 N–H and O–H groups in total. The summed E-state index contributed by atoms with van der Waals surface area (Å²) in [7, 11) is 0. The highest BCUT2D eigenvalue weighted by Crippen LogP contribution is 2.19. The molecule has 0 radical (unpaired) electrons. The fourth-order valence-electron chi connectivity index (χ4n) is 1.86. The normalized spacial score (nSPS) is 12.2. The van der Waals surface area contributed by atoms with Crippen LogP contribution in [0.3, 0.4) is 0 Å². The Balaban J connectivity index is 2.02. The summed E-state index contributed by atoms with van der Waals surface area (Å²) in [4.78, 5) is 0. The second kappa shape index (κ2) is 5.80. The Kier molecular flexibility index (Phi) is 4.12. The van der Waals surface area contributed by atoms with Crippen molar-refractivity contribution in [1.29, 1.82) is 0 Å². The highest BCUT2D eigenvalue weighted by Gasteiger charge is 2.09. The lowest BCUT2D eigenvalue weighted by atomic mass is 10.1. The topological polar surface area (TPSA) is 32.3 Å². The van der Waals surface area contributed by atoms with Crippen molar-refractivity contribution in [3.63, 3.8) is 0 Å². The third kappa shape index (κ3) is 3.51. The van der Waals surface area contributed by atoms with Crippen molar-refractivity contribution < 1.29 is 13.9 Å². The number of hydrogen-bond donors (Lipinski definition) is 2. The molecule has 0 bridgehead atoms. The standard InChI is InChI=1S/C15H15F2NO/c1-10-7-13(17)5-6-14(10)18-9-15(19)11-3-2-4-12(16)8-11/h2-8,15,18-19H,9H2,1H3. The fourth-order valence-corrected chi connectivity index (χ4v) is 1.86. The molecule has 0 spiro atoms. The van der Waals surface area contributed by atoms with Gasteiger partial charge in [0.25, 0.3) is 0 Å². The van der Waals surface area contributed by atoms with E-state index in [0.717, 1.165) is 11.3 Å². The molecule has 0 heterocycles. The van der Waals surface area contributed by atoms with Crippen molar-refractivity contribution in [3.05, 3.63) is 65.2 Å². The van der Waals surface area contributed by atoms with Crippen LogP contribution in [0, 0.1) is 18.6 Å². The first-order chi connectivity index (χ1) is 9.06. The lowest BCUT2D eigenvalue weighted by Crippen LogP contribution is -2.13. The summed E-state index contributed by atoms with van der Waals surface area (Å²) in [5.41, 5.74) is 2.01. The number of anilines is 1. The van der Waals surface area contributed by atoms with Crippen LogP contribution in [-0.4, -0.2) is 11.7 Å². The molecule has 19 heavy (non-hydrogen) atoms. The van der Waals surface area contributed by atoms with E-state index in [0.29, 0.717) is 5.56 Å². The molecule has 4 heteroatoms. The van der Waals surface area contributed by atoms with Gasteiger partial charge >= 0.3 is 0 Å². The van der Waals surface area contributed by atoms with Crippen LogP contribution < -0.4 is 5.32 Å². The Morgan fingerprint density at radius 3 is 2.53 bits per heavy atom. The fraction of sp³-hybridized carbons (Fsp3) is 0.200. The molecule has 0 fully saturated rings. The van der Waals surface area contributed by atoms with Gasteiger partial charge in [0.05, 0.1) is 6.10 Å². The molecule has 2 aromatic carbocycles. The van der Waals surface area contributed by atoms with Gasteiger partial charge in [-0.2, -0.15) is 0 Å². The van der Waals surface area contributed by atoms with Gasteiger partial charge in [0.15, 0.2) is 0 Å². The molecule has 2 rings (SSSR count). The lowest BCUT2D eigenvalue weighted by Gasteiger charge is -2.14. The molecule has 2 nitrogen and oxygen atoms in total. The number of aliphatic hydroxyl groups excluding tert-OH is 1. The van der Waals surface area contributed by atoms with Gasteiger partial charge in [-0.25, -0.2) is 8.78 Å². The number of nitrogens with one attached hydrogen (secondary N) is 1. The number of hydrogen-bond acceptors (Lipinski definition) is 2. The SMILES string of the molecule is Cc1cc(F)ccc1NCC(O)c1cccc(F)c1. The minimum Gasteiger partial charge on any atom is -0.387 e. The average Bonchev–Trinajstić information content (AvgIpc) is 2.37. The molecular weight excluding hydrogens is 248 g/mol. The van der Waals surface area contributed by atoms with E-state index in [4.69, 9.17) is 0 Å². The Morgan fingerprint density at radius 2 is 1.84 bits per heavy atom. The zero-order valence-corrected chi connectivity index (χ0v) is 10.5. The third-order valence-electron chi connectivity index (χ3n) is 2.91. The van der Waals surface area contributed by atoms with Crippen molar-refractivity contribution in [3.8, 4) is 0 Å². The average molecular weight is 263 g/mol. The molecule has 100 valence electrons. The zero-order valence-electron chi connectivity index (χ0n) is 10.5. The van der Waals surface area contributed by atoms with Crippen LogP contribution in [0.2, 0.25) is 0 Å². The van der Waals surface area contributed by atoms with Gasteiger partial charge in [-0.3, -0.25) is 0 Å². The first-order valence-corrected chi connectivity index (χ1v) is 6.00. The van der Waals surface area contributed by atoms with E-state index >= 15 is 0 Å². The monoisotopic (exact) mass is 263 g/mol. The van der Waals surface area contributed by atoms with E-state index in [9.17, 15) is 13.9 Å². The number of benzene rings is 2. The van der Waals surface area contributed by atoms with Crippen LogP contribution in [0.1, 0.15) is 17.2 Å². The maximum absolute atomic E-state index is 13.0. The third-order valence-corrected chi connectivity index (χ3v) is 2.91. The van der Waals surface area contributed by atoms with Gasteiger partial charge in [0.2, 0.25) is 0 Å². The molecule has 0 aliphatic carbocycles. The smallest absolute Gasteiger partial charge is 0.123 e. The summed E-state index contributed by atoms with van der Waals surface area (Å²) >= 11 is 0. The molecule has 1 atom stereocenters. The zero-order chi connectivity index (χ0) is 13.8. The van der Waals surface area contributed by atoms with E-state index in [1.54, 1.807) is 25.1 Å². The maximum Gasteiger partial charge on any atom is 0.123 e. The van der Waals surface area contributed by atoms with Crippen molar-refractivity contribution >= 4 is 5.69 Å². The molecule has 1 unspecified atom stereocenters. The Bertz CT molecular complexity index is 572. The summed E-state index contributed by atoms with van der Waals surface area (Å²) in [6, 6.07) is 10.2. The highest BCUT2D eigenvalue weighted by molar-refractivity contribution is 5.50. The lowest BCUT2D eigenvalue weighted by molar-refractivity contribution is 0.191. The first kappa shape index (κ1) is 13.5. The van der Waals surface area contributed by atoms with Crippen molar-refractivity contribution in [1.82, 2.24) is 0 Å². The number of aliphatic hydroxyl groups is 1. The molecule has 0 amide bonds. The maximum atomic E-state index is 13.0. The van der Waals surface area contributed by atoms with Gasteiger partial charge in [-0.15, -0.1) is 0 Å². The Morgan fingerprint density at radius 1 is 1.11 bits per heavy atom. The minimum absolute atomic E-state index is 0.232. The van der Waals surface area contributed by atoms with E-state index in [1.165, 1.54) is 24.3 Å². The van der Waals surface area contributed by atoms with Gasteiger partial charge in [0, 0.05) is 12.2 Å². The van der Waals surface area contributed by atoms with Gasteiger partial charge < -0.3 is 10.4 Å². The van der Waals surface area contributed by atoms with Gasteiger partial charge in [-0.05, 0) is 48.4 Å². The van der Waals surface area contributed by atoms with Crippen molar-refractivity contribution in [2.45, 2.75) is 13.0 Å². The summed E-state index contributed by atoms with van der Waals surface area (Å²) < 4.78 is 26.0. The Hall–Kier alpha value is -1.94. The summed E-state index contributed by atoms with van der Waals surface area (Å²) in [6.07, 6.45) is -0.819. The number of rotatable bonds is 4. The van der Waals surface area contributed by atoms with E-state index < -0.39 is 6.10 Å². The molecule has 0 saturated carbocycles. The predicted molar refractivity (Wildman–Crippen MR) is 71.0 cm³/mol. The summed E-state index contributed by atoms with van der Waals surface area (Å²) in [5, 5.41) is 13.0. The van der Waals surface area contributed by atoms with Crippen LogP contribution in [0.15, 0.2) is 42.5 Å². The number of aryl methyl sites for hydroxylation is 1. The van der Waals surface area contributed by atoms with Gasteiger partial charge in [-0.1, -0.05) is 12.1 Å². The quantitative estimate of drug-likeness (QED) is 0.886. The second-order valence-electron chi connectivity index (χ2n) is 4.41. The van der Waals surface area contributed by atoms with E-state index in [2.05, 4.69) is 5.32 Å². The molecule has 0 saturated heterocycles. The second-order valence-corrected chi connectivity index (χ2v) is 4.41. The summed E-state index contributed by atoms with van der Waals surface area (Å²) in [5.74, 6) is -0.678. The van der Waals surface area contributed by atoms with Crippen LogP contribution in [0.5, 0.6) is 0 Å². The first-order valence-electron chi connectivity index (χ1n) is 6.00. The van der Waals surface area contributed by atoms with Crippen LogP contribution in [0.25, 0.3) is 0 Å². The molecule has 0 aliphatic rings. The molecule has 2 aromatic rings. The molecule has 0 aromatic heterocycles. The predicted octanol–water partition coefficient (Wildman–Crippen LogP) is 3.42. The van der Waals surface area contributed by atoms with Crippen LogP contribution in [-0.2, 0) is 0 Å². The van der Waals surface area contributed by atoms with Crippen molar-refractivity contribution in [2.24, 2.45) is 0 Å². The largest absolute Gasteiger partial charge is 0.387 e. The van der Waals surface area contributed by atoms with E-state index in [-0.39, 0.29) is 18.2 Å². The highest BCUT2D eigenvalue weighted by atomic mass is 19.1. The number of halogens is 2. The Labute approximate surface area is 110 Å². The summed E-state index contributed by atoms with van der Waals surface area (Å²) in [6.45, 7) is 2.01. The molecular formula is C15H15F2NO. The van der Waals surface area contributed by atoms with Gasteiger partial charge in [0.1, 0.15) is 11.6 Å². The molecule has 0 aliphatic heterocycles. The van der Waals surface area contributed by atoms with E-state index in [1.807, 2.05) is 0 Å². The van der Waals surface area contributed by atoms with Crippen molar-refractivity contribution in [2.75, 3.05) is 11.9 Å². The van der Waals surface area contributed by atoms with Crippen LogP contribution in [0.4, 0.5) is 14.5 Å². The minimum atomic E-state index is -0.819. The van der Waals surface area contributed by atoms with Crippen LogP contribution >= 0.6 is 0 Å².